The third-order valence-electron chi connectivity index (χ3n) is 5.38. The van der Waals surface area contributed by atoms with Crippen LogP contribution >= 0.6 is 0 Å². The van der Waals surface area contributed by atoms with Crippen LogP contribution in [-0.2, 0) is 10.2 Å². The molecule has 2 heterocycles. The Morgan fingerprint density at radius 2 is 2.00 bits per heavy atom. The van der Waals surface area contributed by atoms with Crippen molar-refractivity contribution in [3.8, 4) is 0 Å². The van der Waals surface area contributed by atoms with E-state index in [4.69, 9.17) is 4.52 Å². The molecule has 2 fully saturated rings. The lowest BCUT2D eigenvalue weighted by molar-refractivity contribution is -0.120. The molecule has 3 rings (SSSR count). The molecular weight excluding hydrogens is 302 g/mol. The first-order chi connectivity index (χ1) is 11.4. The Hall–Kier alpha value is -1.36. The minimum Gasteiger partial charge on any atom is -0.359 e. The van der Waals surface area contributed by atoms with Gasteiger partial charge in [0.2, 0.25) is 5.91 Å². The first kappa shape index (κ1) is 17.5. The summed E-state index contributed by atoms with van der Waals surface area (Å²) < 4.78 is 5.36. The smallest absolute Gasteiger partial charge is 0.242 e. The molecule has 1 aromatic heterocycles. The summed E-state index contributed by atoms with van der Waals surface area (Å²) in [7, 11) is 0. The Morgan fingerprint density at radius 3 is 2.67 bits per heavy atom. The number of aromatic nitrogens is 1. The largest absolute Gasteiger partial charge is 0.359 e. The minimum atomic E-state index is -0.101. The molecule has 5 heteroatoms. The maximum Gasteiger partial charge on any atom is 0.242 e. The molecular formula is C19H31N3O2. The summed E-state index contributed by atoms with van der Waals surface area (Å²) in [5.41, 5.74) is -0.101. The van der Waals surface area contributed by atoms with Crippen LogP contribution in [0.4, 0.5) is 5.82 Å². The molecule has 0 radical (unpaired) electrons. The third kappa shape index (κ3) is 4.18. The Morgan fingerprint density at radius 1 is 1.25 bits per heavy atom. The van der Waals surface area contributed by atoms with Gasteiger partial charge in [0.25, 0.3) is 0 Å². The molecule has 0 aromatic carbocycles. The van der Waals surface area contributed by atoms with Crippen molar-refractivity contribution in [1.82, 2.24) is 10.1 Å². The average molecular weight is 333 g/mol. The van der Waals surface area contributed by atoms with Crippen molar-refractivity contribution >= 4 is 11.7 Å². The summed E-state index contributed by atoms with van der Waals surface area (Å²) in [5.74, 6) is 2.17. The number of hydrogen-bond donors (Lipinski definition) is 1. The predicted molar refractivity (Wildman–Crippen MR) is 95.0 cm³/mol. The lowest BCUT2D eigenvalue weighted by Crippen LogP contribution is -2.42. The fraction of sp³-hybridized carbons (Fsp3) is 0.789. The fourth-order valence-corrected chi connectivity index (χ4v) is 3.94. The molecule has 1 aliphatic carbocycles. The molecule has 1 N–H and O–H groups in total. The van der Waals surface area contributed by atoms with Crippen LogP contribution in [0.15, 0.2) is 10.6 Å². The van der Waals surface area contributed by atoms with Gasteiger partial charge in [-0.3, -0.25) is 9.69 Å². The van der Waals surface area contributed by atoms with E-state index in [0.717, 1.165) is 37.6 Å². The van der Waals surface area contributed by atoms with Gasteiger partial charge in [-0.2, -0.15) is 0 Å². The van der Waals surface area contributed by atoms with E-state index in [2.05, 4.69) is 36.1 Å². The summed E-state index contributed by atoms with van der Waals surface area (Å²) in [6.07, 6.45) is 8.78. The second kappa shape index (κ2) is 7.26. The summed E-state index contributed by atoms with van der Waals surface area (Å²) in [6, 6.07) is 1.83. The number of rotatable bonds is 4. The van der Waals surface area contributed by atoms with E-state index in [1.54, 1.807) is 0 Å². The molecule has 1 aromatic rings. The van der Waals surface area contributed by atoms with Crippen LogP contribution in [0.3, 0.4) is 0 Å². The van der Waals surface area contributed by atoms with Gasteiger partial charge >= 0.3 is 0 Å². The summed E-state index contributed by atoms with van der Waals surface area (Å²) in [4.78, 5) is 15.1. The fourth-order valence-electron chi connectivity index (χ4n) is 3.94. The molecule has 0 bridgehead atoms. The highest BCUT2D eigenvalue weighted by molar-refractivity contribution is 5.94. The van der Waals surface area contributed by atoms with Gasteiger partial charge in [-0.25, -0.2) is 0 Å². The van der Waals surface area contributed by atoms with Gasteiger partial charge in [0.05, 0.1) is 6.04 Å². The van der Waals surface area contributed by atoms with Gasteiger partial charge in [0, 0.05) is 18.0 Å². The molecule has 1 aliphatic heterocycles. The standard InChI is InChI=1S/C19H31N3O2/c1-19(2,3)16-12-17(21-24-16)20-18(23)15-10-7-11-22(15)13-14-8-5-4-6-9-14/h12,14-15H,4-11,13H2,1-3H3,(H,20,21,23)/t15-/m0/s1. The zero-order valence-corrected chi connectivity index (χ0v) is 15.3. The number of likely N-dealkylation sites (tertiary alicyclic amines) is 1. The van der Waals surface area contributed by atoms with Gasteiger partial charge in [0.15, 0.2) is 5.82 Å². The molecule has 5 nitrogen and oxygen atoms in total. The van der Waals surface area contributed by atoms with Crippen LogP contribution in [0, 0.1) is 5.92 Å². The van der Waals surface area contributed by atoms with Crippen molar-refractivity contribution in [3.63, 3.8) is 0 Å². The maximum absolute atomic E-state index is 12.7. The second-order valence-electron chi connectivity index (χ2n) is 8.47. The highest BCUT2D eigenvalue weighted by Crippen LogP contribution is 2.28. The highest BCUT2D eigenvalue weighted by atomic mass is 16.5. The number of anilines is 1. The van der Waals surface area contributed by atoms with Crippen molar-refractivity contribution in [2.24, 2.45) is 5.92 Å². The maximum atomic E-state index is 12.7. The highest BCUT2D eigenvalue weighted by Gasteiger charge is 2.33. The lowest BCUT2D eigenvalue weighted by Gasteiger charge is -2.30. The molecule has 0 unspecified atom stereocenters. The number of amides is 1. The molecule has 0 spiro atoms. The van der Waals surface area contributed by atoms with E-state index in [-0.39, 0.29) is 17.4 Å². The summed E-state index contributed by atoms with van der Waals surface area (Å²) in [5, 5.41) is 6.97. The normalized spacial score (nSPS) is 23.5. The molecule has 2 aliphatic rings. The van der Waals surface area contributed by atoms with Crippen molar-refractivity contribution in [3.05, 3.63) is 11.8 Å². The topological polar surface area (TPSA) is 58.4 Å². The molecule has 1 saturated carbocycles. The SMILES string of the molecule is CC(C)(C)c1cc(NC(=O)[C@@H]2CCCN2CC2CCCCC2)no1. The van der Waals surface area contributed by atoms with Gasteiger partial charge < -0.3 is 9.84 Å². The van der Waals surface area contributed by atoms with E-state index >= 15 is 0 Å². The Kier molecular flexibility index (Phi) is 5.28. The second-order valence-corrected chi connectivity index (χ2v) is 8.47. The molecule has 1 amide bonds. The molecule has 1 saturated heterocycles. The first-order valence-electron chi connectivity index (χ1n) is 9.45. The number of nitrogens with one attached hydrogen (secondary N) is 1. The minimum absolute atomic E-state index is 0.0123. The number of carbonyl (C=O) groups excluding carboxylic acids is 1. The quantitative estimate of drug-likeness (QED) is 0.906. The van der Waals surface area contributed by atoms with Crippen LogP contribution in [0.25, 0.3) is 0 Å². The van der Waals surface area contributed by atoms with E-state index in [0.29, 0.717) is 5.82 Å². The summed E-state index contributed by atoms with van der Waals surface area (Å²) in [6.45, 7) is 8.33. The lowest BCUT2D eigenvalue weighted by atomic mass is 9.89. The number of carbonyl (C=O) groups is 1. The third-order valence-corrected chi connectivity index (χ3v) is 5.38. The number of nitrogens with zero attached hydrogens (tertiary/aromatic N) is 2. The van der Waals surface area contributed by atoms with Crippen LogP contribution in [0.1, 0.15) is 71.5 Å². The summed E-state index contributed by atoms with van der Waals surface area (Å²) >= 11 is 0. The van der Waals surface area contributed by atoms with Crippen molar-refractivity contribution in [2.45, 2.75) is 77.2 Å². The van der Waals surface area contributed by atoms with Gasteiger partial charge in [0.1, 0.15) is 5.76 Å². The van der Waals surface area contributed by atoms with Crippen molar-refractivity contribution in [2.75, 3.05) is 18.4 Å². The van der Waals surface area contributed by atoms with Gasteiger partial charge in [-0.15, -0.1) is 0 Å². The predicted octanol–water partition coefficient (Wildman–Crippen LogP) is 3.96. The van der Waals surface area contributed by atoms with E-state index in [1.165, 1.54) is 32.1 Å². The Bertz CT molecular complexity index is 555. The zero-order chi connectivity index (χ0) is 17.2. The molecule has 1 atom stereocenters. The van der Waals surface area contributed by atoms with Crippen LogP contribution in [0.5, 0.6) is 0 Å². The zero-order valence-electron chi connectivity index (χ0n) is 15.3. The van der Waals surface area contributed by atoms with Crippen LogP contribution in [-0.4, -0.2) is 35.1 Å². The van der Waals surface area contributed by atoms with Crippen LogP contribution in [0.2, 0.25) is 0 Å². The van der Waals surface area contributed by atoms with Crippen molar-refractivity contribution < 1.29 is 9.32 Å². The number of hydrogen-bond acceptors (Lipinski definition) is 4. The van der Waals surface area contributed by atoms with Crippen molar-refractivity contribution in [1.29, 1.82) is 0 Å². The Labute approximate surface area is 145 Å². The average Bonchev–Trinajstić information content (AvgIpc) is 3.17. The van der Waals surface area contributed by atoms with Crippen LogP contribution < -0.4 is 5.32 Å². The Balaban J connectivity index is 1.58. The van der Waals surface area contributed by atoms with E-state index < -0.39 is 0 Å². The molecule has 134 valence electrons. The van der Waals surface area contributed by atoms with Gasteiger partial charge in [-0.1, -0.05) is 45.2 Å². The van der Waals surface area contributed by atoms with Gasteiger partial charge in [-0.05, 0) is 38.1 Å². The van der Waals surface area contributed by atoms with E-state index in [1.807, 2.05) is 6.07 Å². The first-order valence-corrected chi connectivity index (χ1v) is 9.45. The molecule has 24 heavy (non-hydrogen) atoms. The van der Waals surface area contributed by atoms with E-state index in [9.17, 15) is 4.79 Å². The monoisotopic (exact) mass is 333 g/mol.